The van der Waals surface area contributed by atoms with Gasteiger partial charge in [0.15, 0.2) is 8.32 Å². The van der Waals surface area contributed by atoms with Crippen molar-refractivity contribution in [3.8, 4) is 0 Å². The smallest absolute Gasteiger partial charge is 0.423 e. The second-order valence-corrected chi connectivity index (χ2v) is 14.9. The Balaban J connectivity index is 1.81. The van der Waals surface area contributed by atoms with E-state index in [4.69, 9.17) is 13.9 Å². The number of hydrogen-bond donors (Lipinski definition) is 1. The first-order chi connectivity index (χ1) is 18.8. The van der Waals surface area contributed by atoms with Gasteiger partial charge in [0.1, 0.15) is 18.9 Å². The van der Waals surface area contributed by atoms with Crippen LogP contribution in [0.1, 0.15) is 18.9 Å². The van der Waals surface area contributed by atoms with Crippen LogP contribution in [0, 0.1) is 5.92 Å². The molecule has 0 aliphatic carbocycles. The van der Waals surface area contributed by atoms with E-state index in [1.165, 1.54) is 35.3 Å². The number of ether oxygens (including phenoxy) is 2. The van der Waals surface area contributed by atoms with E-state index in [9.17, 15) is 29.1 Å². The lowest BCUT2D eigenvalue weighted by Gasteiger charge is -2.47. The van der Waals surface area contributed by atoms with Crippen molar-refractivity contribution in [1.29, 1.82) is 0 Å². The molecule has 212 valence electrons. The lowest BCUT2D eigenvalue weighted by atomic mass is 9.82. The topological polar surface area (TPSA) is 146 Å². The van der Waals surface area contributed by atoms with Gasteiger partial charge in [-0.1, -0.05) is 31.4 Å². The maximum Gasteiger partial charge on any atom is 0.423 e. The van der Waals surface area contributed by atoms with Gasteiger partial charge in [-0.3, -0.25) is 4.79 Å². The zero-order chi connectivity index (χ0) is 29.5. The second kappa shape index (κ2) is 10.7. The summed E-state index contributed by atoms with van der Waals surface area (Å²) in [6.07, 6.45) is 0.398. The van der Waals surface area contributed by atoms with Crippen LogP contribution in [0.3, 0.4) is 0 Å². The standard InChI is InChI=1S/C27H31N3O9Si/c1-7-11-37-26(35)29-18-10-9-16(13-19(18)30(25(29)34)27(36)38-12-8-2)17-14-20-21(15(3)39-40(4,5)6)23(31)28(20)22(17)24(32)33/h7-10,13,15,20-21H,1-2,11-12,14H2,3-6H3,(H,32,33)/t15-,20-,21-/m1/s1. The summed E-state index contributed by atoms with van der Waals surface area (Å²) >= 11 is 0. The Bertz CT molecular complexity index is 1530. The number of aromatic nitrogens is 2. The molecule has 0 saturated carbocycles. The van der Waals surface area contributed by atoms with Crippen LogP contribution in [0.2, 0.25) is 19.6 Å². The number of nitrogens with zero attached hydrogens (tertiary/aromatic N) is 3. The van der Waals surface area contributed by atoms with Crippen LogP contribution >= 0.6 is 0 Å². The van der Waals surface area contributed by atoms with Crippen LogP contribution in [0.25, 0.3) is 16.6 Å². The van der Waals surface area contributed by atoms with Crippen LogP contribution in [-0.4, -0.2) is 76.9 Å². The summed E-state index contributed by atoms with van der Waals surface area (Å²) in [5, 5.41) is 10.1. The number of amides is 1. The Morgan fingerprint density at radius 1 is 1.05 bits per heavy atom. The van der Waals surface area contributed by atoms with Crippen molar-refractivity contribution in [3.05, 3.63) is 65.3 Å². The van der Waals surface area contributed by atoms with Crippen LogP contribution in [0.5, 0.6) is 0 Å². The monoisotopic (exact) mass is 569 g/mol. The first kappa shape index (κ1) is 28.8. The van der Waals surface area contributed by atoms with Crippen molar-refractivity contribution in [2.75, 3.05) is 13.2 Å². The summed E-state index contributed by atoms with van der Waals surface area (Å²) in [6.45, 7) is 14.5. The zero-order valence-electron chi connectivity index (χ0n) is 22.7. The molecule has 0 spiro atoms. The Morgan fingerprint density at radius 2 is 1.62 bits per heavy atom. The second-order valence-electron chi connectivity index (χ2n) is 10.5. The molecule has 2 aliphatic heterocycles. The highest BCUT2D eigenvalue weighted by Gasteiger charge is 2.57. The van der Waals surface area contributed by atoms with Gasteiger partial charge in [0.05, 0.1) is 29.1 Å². The number of fused-ring (bicyclic) bond motifs is 2. The summed E-state index contributed by atoms with van der Waals surface area (Å²) in [7, 11) is -1.97. The van der Waals surface area contributed by atoms with E-state index in [0.29, 0.717) is 20.3 Å². The van der Waals surface area contributed by atoms with Gasteiger partial charge in [0.2, 0.25) is 5.91 Å². The normalized spacial score (nSPS) is 19.2. The van der Waals surface area contributed by atoms with Crippen molar-refractivity contribution >= 4 is 49.0 Å². The third kappa shape index (κ3) is 4.93. The molecule has 1 saturated heterocycles. The molecule has 2 aromatic rings. The molecule has 40 heavy (non-hydrogen) atoms. The van der Waals surface area contributed by atoms with E-state index in [2.05, 4.69) is 13.2 Å². The van der Waals surface area contributed by atoms with Gasteiger partial charge in [0, 0.05) is 0 Å². The largest absolute Gasteiger partial charge is 0.477 e. The predicted molar refractivity (Wildman–Crippen MR) is 147 cm³/mol. The summed E-state index contributed by atoms with van der Waals surface area (Å²) in [4.78, 5) is 65.4. The number of rotatable bonds is 9. The van der Waals surface area contributed by atoms with Crippen molar-refractivity contribution in [2.45, 2.75) is 45.1 Å². The summed E-state index contributed by atoms with van der Waals surface area (Å²) in [5.74, 6) is -2.11. The minimum absolute atomic E-state index is 0.00286. The minimum Gasteiger partial charge on any atom is -0.477 e. The number of β-lactam (4-membered cyclic amide) rings is 1. The van der Waals surface area contributed by atoms with Crippen LogP contribution in [0.4, 0.5) is 9.59 Å². The number of carbonyl (C=O) groups excluding carboxylic acids is 3. The SMILES string of the molecule is C=CCOC(=O)n1c(=O)n(C(=O)OCC=C)c2cc(C3=C(C(=O)O)N4C(=O)[C@H]([C@@H](C)O[Si](C)(C)C)[C@H]4C3)ccc21. The predicted octanol–water partition coefficient (Wildman–Crippen LogP) is 3.41. The Labute approximate surface area is 230 Å². The summed E-state index contributed by atoms with van der Waals surface area (Å²) in [6, 6.07) is 3.96. The van der Waals surface area contributed by atoms with Crippen molar-refractivity contribution in [1.82, 2.24) is 14.0 Å². The molecule has 0 unspecified atom stereocenters. The fraction of sp³-hybridized carbons (Fsp3) is 0.370. The van der Waals surface area contributed by atoms with Crippen LogP contribution in [0.15, 0.2) is 54.0 Å². The van der Waals surface area contributed by atoms with Crippen LogP contribution in [-0.2, 0) is 23.5 Å². The van der Waals surface area contributed by atoms with E-state index in [1.54, 1.807) is 0 Å². The van der Waals surface area contributed by atoms with Gasteiger partial charge in [-0.05, 0) is 56.3 Å². The molecule has 1 aromatic heterocycles. The molecule has 3 heterocycles. The average molecular weight is 570 g/mol. The fourth-order valence-electron chi connectivity index (χ4n) is 5.27. The quantitative estimate of drug-likeness (QED) is 0.273. The molecular weight excluding hydrogens is 538 g/mol. The van der Waals surface area contributed by atoms with E-state index < -0.39 is 50.2 Å². The van der Waals surface area contributed by atoms with E-state index in [1.807, 2.05) is 26.6 Å². The zero-order valence-corrected chi connectivity index (χ0v) is 23.7. The average Bonchev–Trinajstić information content (AvgIpc) is 3.36. The molecule has 3 atom stereocenters. The lowest BCUT2D eigenvalue weighted by Crippen LogP contribution is -2.63. The number of imidazole rings is 1. The molecule has 1 N–H and O–H groups in total. The molecule has 1 fully saturated rings. The molecule has 2 aliphatic rings. The van der Waals surface area contributed by atoms with Gasteiger partial charge in [-0.15, -0.1) is 0 Å². The van der Waals surface area contributed by atoms with Crippen molar-refractivity contribution in [3.63, 3.8) is 0 Å². The maximum absolute atomic E-state index is 13.2. The van der Waals surface area contributed by atoms with Gasteiger partial charge < -0.3 is 23.9 Å². The highest BCUT2D eigenvalue weighted by molar-refractivity contribution is 6.69. The van der Waals surface area contributed by atoms with Gasteiger partial charge >= 0.3 is 23.8 Å². The summed E-state index contributed by atoms with van der Waals surface area (Å²) in [5.41, 5.74) is -0.424. The Hall–Kier alpha value is -4.23. The number of carbonyl (C=O) groups is 4. The van der Waals surface area contributed by atoms with Crippen molar-refractivity contribution in [2.24, 2.45) is 5.92 Å². The molecule has 12 nitrogen and oxygen atoms in total. The van der Waals surface area contributed by atoms with E-state index in [-0.39, 0.29) is 42.3 Å². The third-order valence-electron chi connectivity index (χ3n) is 6.66. The van der Waals surface area contributed by atoms with Crippen molar-refractivity contribution < 1.29 is 38.2 Å². The van der Waals surface area contributed by atoms with Crippen LogP contribution < -0.4 is 5.69 Å². The van der Waals surface area contributed by atoms with E-state index >= 15 is 0 Å². The number of carboxylic acid groups (broad SMARTS) is 1. The Morgan fingerprint density at radius 3 is 2.15 bits per heavy atom. The maximum atomic E-state index is 13.2. The number of hydrogen-bond acceptors (Lipinski definition) is 8. The minimum atomic E-state index is -1.97. The molecule has 0 radical (unpaired) electrons. The van der Waals surface area contributed by atoms with Gasteiger partial charge in [-0.25, -0.2) is 19.2 Å². The fourth-order valence-corrected chi connectivity index (χ4v) is 6.53. The summed E-state index contributed by atoms with van der Waals surface area (Å²) < 4.78 is 17.6. The molecule has 1 amide bonds. The van der Waals surface area contributed by atoms with E-state index in [0.717, 1.165) is 0 Å². The number of benzene rings is 1. The molecule has 1 aromatic carbocycles. The molecule has 0 bridgehead atoms. The number of carboxylic acids is 1. The highest BCUT2D eigenvalue weighted by atomic mass is 28.4. The van der Waals surface area contributed by atoms with Gasteiger partial charge in [0.25, 0.3) is 0 Å². The number of aliphatic carboxylic acids is 1. The highest BCUT2D eigenvalue weighted by Crippen LogP contribution is 2.48. The first-order valence-corrected chi connectivity index (χ1v) is 16.0. The third-order valence-corrected chi connectivity index (χ3v) is 7.74. The molecular formula is C27H31N3O9Si. The lowest BCUT2D eigenvalue weighted by molar-refractivity contribution is -0.160. The van der Waals surface area contributed by atoms with Gasteiger partial charge in [-0.2, -0.15) is 9.13 Å². The Kier molecular flexibility index (Phi) is 7.72. The molecule has 4 rings (SSSR count). The molecule has 13 heteroatoms. The first-order valence-electron chi connectivity index (χ1n) is 12.6.